The predicted octanol–water partition coefficient (Wildman–Crippen LogP) is 2.46. The van der Waals surface area contributed by atoms with Crippen molar-refractivity contribution in [2.75, 3.05) is 39.1 Å². The van der Waals surface area contributed by atoms with Gasteiger partial charge in [-0.05, 0) is 52.6 Å². The molecule has 0 saturated carbocycles. The Balaban J connectivity index is 2.13. The van der Waals surface area contributed by atoms with Crippen LogP contribution in [0.5, 0.6) is 5.75 Å². The first kappa shape index (κ1) is 17.3. The van der Waals surface area contributed by atoms with Crippen molar-refractivity contribution in [3.63, 3.8) is 0 Å². The third-order valence-corrected chi connectivity index (χ3v) is 4.11. The summed E-state index contributed by atoms with van der Waals surface area (Å²) in [6, 6.07) is 5.33. The molecule has 2 rings (SSSR count). The van der Waals surface area contributed by atoms with Gasteiger partial charge in [0.05, 0.1) is 12.3 Å². The van der Waals surface area contributed by atoms with E-state index in [1.807, 2.05) is 21.0 Å². The van der Waals surface area contributed by atoms with Gasteiger partial charge in [-0.2, -0.15) is 0 Å². The molecule has 1 atom stereocenters. The minimum Gasteiger partial charge on any atom is -0.492 e. The molecular weight excluding hydrogens is 294 g/mol. The number of likely N-dealkylation sites (N-methyl/N-ethyl adjacent to an activating group) is 1. The molecule has 0 radical (unpaired) electrons. The van der Waals surface area contributed by atoms with E-state index < -0.39 is 0 Å². The molecule has 23 heavy (non-hydrogen) atoms. The topological polar surface area (TPSA) is 61.9 Å². The third-order valence-electron chi connectivity index (χ3n) is 4.11. The van der Waals surface area contributed by atoms with Crippen LogP contribution >= 0.6 is 0 Å². The molecule has 1 aromatic carbocycles. The van der Waals surface area contributed by atoms with Gasteiger partial charge >= 0.3 is 6.03 Å². The van der Waals surface area contributed by atoms with E-state index in [2.05, 4.69) is 10.2 Å². The number of hydrogen-bond acceptors (Lipinski definition) is 4. The lowest BCUT2D eigenvalue weighted by Gasteiger charge is -2.21. The van der Waals surface area contributed by atoms with Gasteiger partial charge in [0.25, 0.3) is 0 Å². The Labute approximate surface area is 137 Å². The minimum atomic E-state index is -0.156. The molecule has 1 aliphatic heterocycles. The second-order valence-corrected chi connectivity index (χ2v) is 5.98. The predicted molar refractivity (Wildman–Crippen MR) is 90.3 cm³/mol. The van der Waals surface area contributed by atoms with Crippen LogP contribution in [0, 0.1) is 0 Å². The highest BCUT2D eigenvalue weighted by molar-refractivity contribution is 5.98. The Morgan fingerprint density at radius 3 is 2.70 bits per heavy atom. The molecule has 1 saturated heterocycles. The largest absolute Gasteiger partial charge is 0.492 e. The molecule has 1 aliphatic rings. The Morgan fingerprint density at radius 1 is 1.39 bits per heavy atom. The Morgan fingerprint density at radius 2 is 2.13 bits per heavy atom. The fourth-order valence-electron chi connectivity index (χ4n) is 2.67. The van der Waals surface area contributed by atoms with Crippen molar-refractivity contribution in [1.82, 2.24) is 9.80 Å². The van der Waals surface area contributed by atoms with Crippen LogP contribution < -0.4 is 10.1 Å². The standard InChI is InChI=1S/C17H25N3O3/c1-5-23-16-7-6-13(12(2)21)10-15(16)18-17(22)20-9-8-14(11-20)19(3)4/h6-7,10,14H,5,8-9,11H2,1-4H3,(H,18,22). The number of nitrogens with one attached hydrogen (secondary N) is 1. The maximum Gasteiger partial charge on any atom is 0.322 e. The lowest BCUT2D eigenvalue weighted by molar-refractivity contribution is 0.101. The Kier molecular flexibility index (Phi) is 5.60. The van der Waals surface area contributed by atoms with Gasteiger partial charge < -0.3 is 19.9 Å². The molecule has 2 amide bonds. The summed E-state index contributed by atoms with van der Waals surface area (Å²) in [6.07, 6.45) is 0.965. The smallest absolute Gasteiger partial charge is 0.322 e. The van der Waals surface area contributed by atoms with Crippen LogP contribution in [-0.4, -0.2) is 61.4 Å². The van der Waals surface area contributed by atoms with E-state index in [9.17, 15) is 9.59 Å². The number of nitrogens with zero attached hydrogens (tertiary/aromatic N) is 2. The monoisotopic (exact) mass is 319 g/mol. The van der Waals surface area contributed by atoms with Crippen molar-refractivity contribution >= 4 is 17.5 Å². The average molecular weight is 319 g/mol. The molecule has 0 aromatic heterocycles. The normalized spacial score (nSPS) is 17.4. The second-order valence-electron chi connectivity index (χ2n) is 5.98. The first-order valence-corrected chi connectivity index (χ1v) is 7.92. The van der Waals surface area contributed by atoms with Gasteiger partial charge in [-0.1, -0.05) is 0 Å². The number of carbonyl (C=O) groups is 2. The number of urea groups is 1. The van der Waals surface area contributed by atoms with E-state index in [0.717, 1.165) is 13.0 Å². The van der Waals surface area contributed by atoms with E-state index in [0.29, 0.717) is 36.2 Å². The summed E-state index contributed by atoms with van der Waals surface area (Å²) in [5.74, 6) is 0.534. The number of carbonyl (C=O) groups excluding carboxylic acids is 2. The van der Waals surface area contributed by atoms with Crippen LogP contribution in [0.4, 0.5) is 10.5 Å². The first-order chi connectivity index (χ1) is 10.9. The van der Waals surface area contributed by atoms with Crippen LogP contribution in [0.2, 0.25) is 0 Å². The van der Waals surface area contributed by atoms with Crippen molar-refractivity contribution in [3.05, 3.63) is 23.8 Å². The molecule has 1 N–H and O–H groups in total. The van der Waals surface area contributed by atoms with Crippen molar-refractivity contribution in [3.8, 4) is 5.75 Å². The second kappa shape index (κ2) is 7.46. The van der Waals surface area contributed by atoms with Gasteiger partial charge in [0.2, 0.25) is 0 Å². The highest BCUT2D eigenvalue weighted by Gasteiger charge is 2.27. The number of ether oxygens (including phenoxy) is 1. The van der Waals surface area contributed by atoms with Crippen molar-refractivity contribution in [1.29, 1.82) is 0 Å². The number of benzene rings is 1. The number of hydrogen-bond donors (Lipinski definition) is 1. The molecule has 126 valence electrons. The lowest BCUT2D eigenvalue weighted by Crippen LogP contribution is -2.36. The minimum absolute atomic E-state index is 0.0441. The van der Waals surface area contributed by atoms with Gasteiger partial charge in [0.15, 0.2) is 5.78 Å². The number of amides is 2. The Bertz CT molecular complexity index is 586. The molecule has 0 bridgehead atoms. The zero-order chi connectivity index (χ0) is 17.0. The van der Waals surface area contributed by atoms with E-state index in [1.165, 1.54) is 6.92 Å². The van der Waals surface area contributed by atoms with Crippen molar-refractivity contribution in [2.24, 2.45) is 0 Å². The lowest BCUT2D eigenvalue weighted by atomic mass is 10.1. The zero-order valence-electron chi connectivity index (χ0n) is 14.3. The van der Waals surface area contributed by atoms with Crippen LogP contribution in [0.15, 0.2) is 18.2 Å². The molecule has 0 aliphatic carbocycles. The maximum atomic E-state index is 12.5. The average Bonchev–Trinajstić information content (AvgIpc) is 2.99. The molecule has 6 heteroatoms. The van der Waals surface area contributed by atoms with Gasteiger partial charge in [-0.15, -0.1) is 0 Å². The van der Waals surface area contributed by atoms with E-state index >= 15 is 0 Å². The SMILES string of the molecule is CCOc1ccc(C(C)=O)cc1NC(=O)N1CCC(N(C)C)C1. The summed E-state index contributed by atoms with van der Waals surface area (Å²) in [5.41, 5.74) is 1.09. The molecule has 0 spiro atoms. The summed E-state index contributed by atoms with van der Waals surface area (Å²) in [4.78, 5) is 28.0. The maximum absolute atomic E-state index is 12.5. The van der Waals surface area contributed by atoms with Gasteiger partial charge in [-0.25, -0.2) is 4.79 Å². The Hall–Kier alpha value is -2.08. The number of anilines is 1. The van der Waals surface area contributed by atoms with Crippen molar-refractivity contribution < 1.29 is 14.3 Å². The summed E-state index contributed by atoms with van der Waals surface area (Å²) in [6.45, 7) is 5.31. The fraction of sp³-hybridized carbons (Fsp3) is 0.529. The van der Waals surface area contributed by atoms with Crippen LogP contribution in [0.3, 0.4) is 0 Å². The molecule has 1 aromatic rings. The van der Waals surface area contributed by atoms with Gasteiger partial charge in [-0.3, -0.25) is 4.79 Å². The van der Waals surface area contributed by atoms with Gasteiger partial charge in [0, 0.05) is 24.7 Å². The van der Waals surface area contributed by atoms with Crippen LogP contribution in [0.1, 0.15) is 30.6 Å². The fourth-order valence-corrected chi connectivity index (χ4v) is 2.67. The molecular formula is C17H25N3O3. The molecule has 1 unspecified atom stereocenters. The number of likely N-dealkylation sites (tertiary alicyclic amines) is 1. The first-order valence-electron chi connectivity index (χ1n) is 7.92. The van der Waals surface area contributed by atoms with E-state index in [4.69, 9.17) is 4.74 Å². The van der Waals surface area contributed by atoms with E-state index in [1.54, 1.807) is 23.1 Å². The van der Waals surface area contributed by atoms with Crippen molar-refractivity contribution in [2.45, 2.75) is 26.3 Å². The summed E-state index contributed by atoms with van der Waals surface area (Å²) >= 11 is 0. The van der Waals surface area contributed by atoms with Gasteiger partial charge in [0.1, 0.15) is 5.75 Å². The highest BCUT2D eigenvalue weighted by atomic mass is 16.5. The third kappa shape index (κ3) is 4.22. The van der Waals surface area contributed by atoms with Crippen LogP contribution in [0.25, 0.3) is 0 Å². The number of rotatable bonds is 5. The number of Topliss-reactive ketones (excluding diaryl/α,β-unsaturated/α-hetero) is 1. The quantitative estimate of drug-likeness (QED) is 0.847. The highest BCUT2D eigenvalue weighted by Crippen LogP contribution is 2.27. The molecule has 1 heterocycles. The summed E-state index contributed by atoms with van der Waals surface area (Å²) in [5, 5.41) is 2.88. The molecule has 1 fully saturated rings. The summed E-state index contributed by atoms with van der Waals surface area (Å²) in [7, 11) is 4.05. The number of ketones is 1. The molecule has 6 nitrogen and oxygen atoms in total. The zero-order valence-corrected chi connectivity index (χ0v) is 14.3. The van der Waals surface area contributed by atoms with E-state index in [-0.39, 0.29) is 11.8 Å². The summed E-state index contributed by atoms with van der Waals surface area (Å²) < 4.78 is 5.54. The van der Waals surface area contributed by atoms with Crippen LogP contribution in [-0.2, 0) is 0 Å².